The average molecular weight is 925 g/mol. The molecule has 3 aromatic rings. The van der Waals surface area contributed by atoms with Crippen LogP contribution in [0.15, 0.2) is 54.7 Å². The van der Waals surface area contributed by atoms with Crippen molar-refractivity contribution in [3.8, 4) is 28.8 Å². The van der Waals surface area contributed by atoms with E-state index in [1.54, 1.807) is 31.2 Å². The summed E-state index contributed by atoms with van der Waals surface area (Å²) in [6, 6.07) is 10.1. The smallest absolute Gasteiger partial charge is 0.306 e. The van der Waals surface area contributed by atoms with E-state index in [1.165, 1.54) is 6.42 Å². The summed E-state index contributed by atoms with van der Waals surface area (Å²) in [5, 5.41) is 1.48. The molecule has 0 spiro atoms. The van der Waals surface area contributed by atoms with Crippen LogP contribution in [0.25, 0.3) is 22.0 Å². The van der Waals surface area contributed by atoms with Crippen molar-refractivity contribution in [2.45, 2.75) is 141 Å². The van der Waals surface area contributed by atoms with Crippen LogP contribution in [-0.4, -0.2) is 89.6 Å². The van der Waals surface area contributed by atoms with Gasteiger partial charge >= 0.3 is 5.97 Å². The highest BCUT2D eigenvalue weighted by molar-refractivity contribution is 7.91. The van der Waals surface area contributed by atoms with Gasteiger partial charge in [-0.05, 0) is 144 Å². The lowest BCUT2D eigenvalue weighted by Gasteiger charge is -2.32. The number of fused-ring (bicyclic) bond motifs is 4. The van der Waals surface area contributed by atoms with E-state index in [9.17, 15) is 18.0 Å². The number of aromatic nitrogens is 2. The third-order valence-electron chi connectivity index (χ3n) is 15.4. The lowest BCUT2D eigenvalue weighted by molar-refractivity contribution is -0.155. The van der Waals surface area contributed by atoms with Gasteiger partial charge in [-0.15, -0.1) is 0 Å². The van der Waals surface area contributed by atoms with Crippen LogP contribution in [0.5, 0.6) is 17.5 Å². The second kappa shape index (κ2) is 17.9. The first-order chi connectivity index (χ1) is 31.4. The zero-order valence-electron chi connectivity index (χ0n) is 39.0. The molecule has 1 saturated heterocycles. The SMILES string of the molecule is COc1ccc2c(OC3C[C@H]4C(=O)C[C@]5(C(=O)NS(=O)(=O)C6(C)CC6)C[C@H]5/C=C\CC[C@@H](C)C[C@@H](C)[C@H](CC(=O)OC5C[C@@H]6C[C@@H]6C5)C(=O)N4C3)nc(-c3ccc(OC(C)C)nc3)cc2c1. The third-order valence-corrected chi connectivity index (χ3v) is 17.5. The maximum atomic E-state index is 15.3. The molecule has 9 rings (SSSR count). The quantitative estimate of drug-likeness (QED) is 0.138. The number of pyridine rings is 2. The molecule has 2 aliphatic heterocycles. The lowest BCUT2D eigenvalue weighted by atomic mass is 9.82. The number of nitrogens with one attached hydrogen (secondary N) is 1. The molecule has 2 amide bonds. The Kier molecular flexibility index (Phi) is 12.5. The summed E-state index contributed by atoms with van der Waals surface area (Å²) in [4.78, 5) is 69.3. The summed E-state index contributed by atoms with van der Waals surface area (Å²) in [5.74, 6) is -0.268. The topological polar surface area (TPSA) is 180 Å². The zero-order valence-corrected chi connectivity index (χ0v) is 39.8. The predicted octanol–water partition coefficient (Wildman–Crippen LogP) is 7.77. The second-order valence-electron chi connectivity index (χ2n) is 20.9. The molecule has 2 unspecified atom stereocenters. The Morgan fingerprint density at radius 3 is 2.45 bits per heavy atom. The van der Waals surface area contributed by atoms with Gasteiger partial charge in [0.25, 0.3) is 0 Å². The molecule has 1 N–H and O–H groups in total. The molecule has 5 fully saturated rings. The number of sulfonamides is 1. The molecule has 2 aromatic heterocycles. The summed E-state index contributed by atoms with van der Waals surface area (Å²) in [6.07, 6.45) is 10.8. The number of allylic oxidation sites excluding steroid dienone is 2. The molecule has 14 nitrogen and oxygen atoms in total. The molecule has 15 heteroatoms. The first-order valence-electron chi connectivity index (χ1n) is 24.0. The van der Waals surface area contributed by atoms with Crippen molar-refractivity contribution < 1.29 is 46.5 Å². The monoisotopic (exact) mass is 924 g/mol. The number of ether oxygens (including phenoxy) is 4. The average Bonchev–Trinajstić information content (AvgIpc) is 4.23. The first-order valence-corrected chi connectivity index (χ1v) is 25.5. The van der Waals surface area contributed by atoms with Crippen molar-refractivity contribution in [3.05, 3.63) is 54.7 Å². The Morgan fingerprint density at radius 2 is 1.76 bits per heavy atom. The summed E-state index contributed by atoms with van der Waals surface area (Å²) in [6.45, 7) is 9.66. The van der Waals surface area contributed by atoms with Gasteiger partial charge in [0.15, 0.2) is 5.78 Å². The van der Waals surface area contributed by atoms with Crippen molar-refractivity contribution in [2.75, 3.05) is 13.7 Å². The van der Waals surface area contributed by atoms with Crippen LogP contribution in [0.3, 0.4) is 0 Å². The predicted molar refractivity (Wildman–Crippen MR) is 247 cm³/mol. The van der Waals surface area contributed by atoms with Crippen LogP contribution in [-0.2, 0) is 33.9 Å². The molecule has 6 aliphatic rings. The Hall–Kier alpha value is -5.05. The Labute approximate surface area is 388 Å². The van der Waals surface area contributed by atoms with Crippen LogP contribution in [0, 0.1) is 40.9 Å². The minimum Gasteiger partial charge on any atom is -0.497 e. The van der Waals surface area contributed by atoms with Gasteiger partial charge in [-0.1, -0.05) is 26.0 Å². The van der Waals surface area contributed by atoms with Crippen LogP contribution in [0.1, 0.15) is 112 Å². The Balaban J connectivity index is 1.05. The van der Waals surface area contributed by atoms with E-state index in [4.69, 9.17) is 23.9 Å². The van der Waals surface area contributed by atoms with Gasteiger partial charge in [0.1, 0.15) is 18.0 Å². The standard InChI is InChI=1S/C51H64N4O10S/c1-29(2)63-45-14-11-32(27-52-45)42-22-35-21-37(62-6)12-13-40(35)47(53-42)65-39-23-43-44(56)26-51(49(59)54-66(60,61)50(5)15-16-50)25-36(51)10-8-7-9-30(3)17-31(4)41(48(58)55(43)28-39)24-46(57)64-38-19-33-18-34(33)20-38/h8,10-14,21-22,27,29-31,33-34,36,38-39,41,43H,7,9,15-20,23-26,28H2,1-6H3,(H,54,59)/b10-8-/t30-,31-,33-,34+,36-,38?,39?,41+,43+,51-/m1/s1. The molecule has 66 heavy (non-hydrogen) atoms. The van der Waals surface area contributed by atoms with Crippen molar-refractivity contribution in [3.63, 3.8) is 0 Å². The highest BCUT2D eigenvalue weighted by Crippen LogP contribution is 2.58. The van der Waals surface area contributed by atoms with Gasteiger partial charge in [-0.25, -0.2) is 18.4 Å². The molecule has 10 atom stereocenters. The van der Waals surface area contributed by atoms with Crippen molar-refractivity contribution >= 4 is 44.4 Å². The summed E-state index contributed by atoms with van der Waals surface area (Å²) < 4.78 is 52.4. The molecular formula is C51H64N4O10S. The van der Waals surface area contributed by atoms with Gasteiger partial charge in [-0.3, -0.25) is 23.9 Å². The molecule has 4 aliphatic carbocycles. The molecule has 354 valence electrons. The van der Waals surface area contributed by atoms with E-state index in [2.05, 4.69) is 16.6 Å². The minimum absolute atomic E-state index is 0.0245. The molecule has 1 aromatic carbocycles. The van der Waals surface area contributed by atoms with E-state index < -0.39 is 50.1 Å². The number of rotatable bonds is 12. The summed E-state index contributed by atoms with van der Waals surface area (Å²) >= 11 is 0. The van der Waals surface area contributed by atoms with Crippen molar-refractivity contribution in [1.82, 2.24) is 19.6 Å². The normalized spacial score (nSPS) is 32.0. The lowest BCUT2D eigenvalue weighted by Crippen LogP contribution is -2.48. The highest BCUT2D eigenvalue weighted by Gasteiger charge is 2.63. The first kappa shape index (κ1) is 46.1. The van der Waals surface area contributed by atoms with Gasteiger partial charge in [0.05, 0.1) is 54.0 Å². The van der Waals surface area contributed by atoms with Crippen LogP contribution in [0.2, 0.25) is 0 Å². The number of carbonyl (C=O) groups is 4. The van der Waals surface area contributed by atoms with E-state index in [0.29, 0.717) is 71.7 Å². The van der Waals surface area contributed by atoms with Crippen LogP contribution in [0.4, 0.5) is 0 Å². The number of hydrogen-bond acceptors (Lipinski definition) is 12. The van der Waals surface area contributed by atoms with E-state index >= 15 is 9.59 Å². The fourth-order valence-corrected chi connectivity index (χ4v) is 12.2. The highest BCUT2D eigenvalue weighted by atomic mass is 32.2. The van der Waals surface area contributed by atoms with E-state index in [1.807, 2.05) is 63.3 Å². The van der Waals surface area contributed by atoms with Gasteiger partial charge in [0.2, 0.25) is 33.6 Å². The van der Waals surface area contributed by atoms with Crippen LogP contribution < -0.4 is 18.9 Å². The second-order valence-corrected chi connectivity index (χ2v) is 23.1. The number of amides is 2. The van der Waals surface area contributed by atoms with Gasteiger partial charge in [0, 0.05) is 36.1 Å². The van der Waals surface area contributed by atoms with E-state index in [-0.39, 0.29) is 67.5 Å². The fourth-order valence-electron chi connectivity index (χ4n) is 10.8. The van der Waals surface area contributed by atoms with Crippen molar-refractivity contribution in [2.24, 2.45) is 40.9 Å². The maximum Gasteiger partial charge on any atom is 0.306 e. The van der Waals surface area contributed by atoms with Crippen molar-refractivity contribution in [1.29, 1.82) is 0 Å². The maximum absolute atomic E-state index is 15.3. The van der Waals surface area contributed by atoms with Gasteiger partial charge < -0.3 is 23.8 Å². The Morgan fingerprint density at radius 1 is 0.985 bits per heavy atom. The van der Waals surface area contributed by atoms with Crippen LogP contribution >= 0.6 is 0 Å². The number of carbonyl (C=O) groups excluding carboxylic acids is 4. The Bertz CT molecular complexity index is 2510. The number of Topliss-reactive ketones (excluding diaryl/α,β-unsaturated/α-hetero) is 1. The molecule has 4 saturated carbocycles. The van der Waals surface area contributed by atoms with Gasteiger partial charge in [-0.2, -0.15) is 0 Å². The number of methoxy groups -OCH3 is 1. The number of benzene rings is 1. The number of esters is 1. The minimum atomic E-state index is -3.98. The third kappa shape index (κ3) is 9.55. The molecule has 0 bridgehead atoms. The number of ketones is 1. The largest absolute Gasteiger partial charge is 0.497 e. The fraction of sp³-hybridized carbons (Fsp3) is 0.608. The summed E-state index contributed by atoms with van der Waals surface area (Å²) in [5.41, 5.74) is -0.00285. The molecule has 0 radical (unpaired) electrons. The number of hydrogen-bond donors (Lipinski definition) is 1. The molecule has 4 heterocycles. The number of nitrogens with zero attached hydrogens (tertiary/aromatic N) is 3. The summed E-state index contributed by atoms with van der Waals surface area (Å²) in [7, 11) is -2.39. The zero-order chi connectivity index (χ0) is 46.7. The molecular weight excluding hydrogens is 861 g/mol. The van der Waals surface area contributed by atoms with E-state index in [0.717, 1.165) is 31.1 Å².